The summed E-state index contributed by atoms with van der Waals surface area (Å²) in [5.74, 6) is 0.676. The van der Waals surface area contributed by atoms with Gasteiger partial charge in [-0.15, -0.1) is 0 Å². The Kier molecular flexibility index (Phi) is 5.50. The van der Waals surface area contributed by atoms with Crippen molar-refractivity contribution in [2.75, 3.05) is 34.2 Å². The molecule has 1 aromatic carbocycles. The first-order valence-corrected chi connectivity index (χ1v) is 8.66. The number of hydrogen-bond acceptors (Lipinski definition) is 5. The van der Waals surface area contributed by atoms with E-state index >= 15 is 0 Å². The number of benzene rings is 1. The molecule has 0 N–H and O–H groups in total. The number of nitrogens with zero attached hydrogens (tertiary/aromatic N) is 4. The van der Waals surface area contributed by atoms with Gasteiger partial charge in [-0.2, -0.15) is 0 Å². The summed E-state index contributed by atoms with van der Waals surface area (Å²) in [7, 11) is 6.13. The molecule has 1 aliphatic rings. The summed E-state index contributed by atoms with van der Waals surface area (Å²) in [4.78, 5) is 18.7. The van der Waals surface area contributed by atoms with Crippen LogP contribution < -0.4 is 0 Å². The van der Waals surface area contributed by atoms with Gasteiger partial charge in [0, 0.05) is 31.7 Å². The first-order chi connectivity index (χ1) is 12.0. The number of amides is 1. The third kappa shape index (κ3) is 4.46. The molecule has 3 rings (SSSR count). The normalized spacial score (nSPS) is 17.6. The van der Waals surface area contributed by atoms with Crippen molar-refractivity contribution in [2.24, 2.45) is 0 Å². The van der Waals surface area contributed by atoms with E-state index in [4.69, 9.17) is 4.52 Å². The second-order valence-corrected chi connectivity index (χ2v) is 6.99. The van der Waals surface area contributed by atoms with E-state index in [1.165, 1.54) is 5.56 Å². The Labute approximate surface area is 149 Å². The summed E-state index contributed by atoms with van der Waals surface area (Å²) >= 11 is 0. The van der Waals surface area contributed by atoms with Crippen molar-refractivity contribution in [1.82, 2.24) is 19.9 Å². The lowest BCUT2D eigenvalue weighted by Crippen LogP contribution is -2.34. The van der Waals surface area contributed by atoms with Crippen LogP contribution in [0.4, 0.5) is 0 Å². The minimum atomic E-state index is -0.0370. The van der Waals surface area contributed by atoms with E-state index in [1.54, 1.807) is 6.07 Å². The zero-order chi connectivity index (χ0) is 17.8. The fourth-order valence-corrected chi connectivity index (χ4v) is 3.22. The molecule has 1 amide bonds. The highest BCUT2D eigenvalue weighted by Crippen LogP contribution is 2.17. The molecule has 6 nitrogen and oxygen atoms in total. The van der Waals surface area contributed by atoms with Gasteiger partial charge in [-0.3, -0.25) is 9.69 Å². The van der Waals surface area contributed by atoms with Crippen LogP contribution in [0.3, 0.4) is 0 Å². The van der Waals surface area contributed by atoms with Gasteiger partial charge in [0.1, 0.15) is 0 Å². The van der Waals surface area contributed by atoms with Crippen molar-refractivity contribution in [2.45, 2.75) is 25.6 Å². The maximum absolute atomic E-state index is 12.6. The van der Waals surface area contributed by atoms with Crippen molar-refractivity contribution in [3.8, 4) is 0 Å². The number of carbonyl (C=O) groups excluding carboxylic acids is 1. The van der Waals surface area contributed by atoms with Crippen LogP contribution in [0.15, 0.2) is 40.9 Å². The molecule has 6 heteroatoms. The molecule has 1 aliphatic heterocycles. The summed E-state index contributed by atoms with van der Waals surface area (Å²) in [6.45, 7) is 2.97. The highest BCUT2D eigenvalue weighted by Gasteiger charge is 2.29. The lowest BCUT2D eigenvalue weighted by Gasteiger charge is -2.19. The Morgan fingerprint density at radius 2 is 2.00 bits per heavy atom. The average Bonchev–Trinajstić information content (AvgIpc) is 3.24. The van der Waals surface area contributed by atoms with Crippen LogP contribution >= 0.6 is 0 Å². The van der Waals surface area contributed by atoms with Gasteiger partial charge in [0.25, 0.3) is 5.91 Å². The Morgan fingerprint density at radius 1 is 1.24 bits per heavy atom. The lowest BCUT2D eigenvalue weighted by atomic mass is 10.2. The van der Waals surface area contributed by atoms with E-state index in [1.807, 2.05) is 30.1 Å². The van der Waals surface area contributed by atoms with Gasteiger partial charge >= 0.3 is 0 Å². The molecule has 1 saturated heterocycles. The van der Waals surface area contributed by atoms with E-state index in [-0.39, 0.29) is 5.91 Å². The van der Waals surface area contributed by atoms with E-state index in [0.29, 0.717) is 24.0 Å². The molecular formula is C19H26N4O2. The van der Waals surface area contributed by atoms with Gasteiger partial charge in [0.2, 0.25) is 0 Å². The molecule has 25 heavy (non-hydrogen) atoms. The van der Waals surface area contributed by atoms with Gasteiger partial charge in [0.05, 0.1) is 6.54 Å². The van der Waals surface area contributed by atoms with Crippen LogP contribution in [0, 0.1) is 0 Å². The monoisotopic (exact) mass is 342 g/mol. The van der Waals surface area contributed by atoms with Crippen molar-refractivity contribution < 1.29 is 9.32 Å². The number of hydrogen-bond donors (Lipinski definition) is 0. The minimum Gasteiger partial charge on any atom is -0.359 e. The van der Waals surface area contributed by atoms with Crippen LogP contribution in [0.25, 0.3) is 0 Å². The predicted molar refractivity (Wildman–Crippen MR) is 96.1 cm³/mol. The highest BCUT2D eigenvalue weighted by atomic mass is 16.5. The predicted octanol–water partition coefficient (Wildman–Crippen LogP) is 2.08. The Hall–Kier alpha value is -2.18. The van der Waals surface area contributed by atoms with E-state index in [0.717, 1.165) is 26.1 Å². The smallest absolute Gasteiger partial charge is 0.276 e. The van der Waals surface area contributed by atoms with Crippen molar-refractivity contribution >= 4 is 5.91 Å². The van der Waals surface area contributed by atoms with Crippen LogP contribution in [0.5, 0.6) is 0 Å². The SMILES string of the molecule is CN(Cc1ccccc1)Cc1cc(C(=O)N2CC[C@H](N(C)C)C2)no1. The van der Waals surface area contributed by atoms with Crippen molar-refractivity contribution in [3.05, 3.63) is 53.4 Å². The van der Waals surface area contributed by atoms with Gasteiger partial charge in [-0.25, -0.2) is 0 Å². The summed E-state index contributed by atoms with van der Waals surface area (Å²) in [6.07, 6.45) is 1.00. The van der Waals surface area contributed by atoms with E-state index < -0.39 is 0 Å². The Bertz CT molecular complexity index is 698. The molecule has 1 aromatic heterocycles. The Balaban J connectivity index is 1.56. The second-order valence-electron chi connectivity index (χ2n) is 6.99. The molecule has 2 heterocycles. The maximum atomic E-state index is 12.6. The van der Waals surface area contributed by atoms with E-state index in [2.05, 4.69) is 41.2 Å². The molecule has 0 bridgehead atoms. The third-order valence-corrected chi connectivity index (χ3v) is 4.68. The standard InChI is InChI=1S/C19H26N4O2/c1-21(2)16-9-10-23(13-16)19(24)18-11-17(25-20-18)14-22(3)12-15-7-5-4-6-8-15/h4-8,11,16H,9-10,12-14H2,1-3H3/t16-/m0/s1. The molecular weight excluding hydrogens is 316 g/mol. The molecule has 0 aliphatic carbocycles. The largest absolute Gasteiger partial charge is 0.359 e. The number of aromatic nitrogens is 1. The number of rotatable bonds is 6. The summed E-state index contributed by atoms with van der Waals surface area (Å²) in [5.41, 5.74) is 1.65. The zero-order valence-corrected chi connectivity index (χ0v) is 15.2. The molecule has 0 saturated carbocycles. The van der Waals surface area contributed by atoms with Gasteiger partial charge in [-0.05, 0) is 33.1 Å². The molecule has 0 radical (unpaired) electrons. The van der Waals surface area contributed by atoms with Crippen molar-refractivity contribution in [1.29, 1.82) is 0 Å². The quantitative estimate of drug-likeness (QED) is 0.804. The molecule has 1 atom stereocenters. The van der Waals surface area contributed by atoms with Crippen LogP contribution in [-0.2, 0) is 13.1 Å². The summed E-state index contributed by atoms with van der Waals surface area (Å²) in [6, 6.07) is 12.5. The average molecular weight is 342 g/mol. The zero-order valence-electron chi connectivity index (χ0n) is 15.2. The van der Waals surface area contributed by atoms with Gasteiger partial charge < -0.3 is 14.3 Å². The van der Waals surface area contributed by atoms with Gasteiger partial charge in [-0.1, -0.05) is 35.5 Å². The number of likely N-dealkylation sites (tertiary alicyclic amines) is 1. The fourth-order valence-electron chi connectivity index (χ4n) is 3.22. The molecule has 0 unspecified atom stereocenters. The molecule has 134 valence electrons. The minimum absolute atomic E-state index is 0.0370. The summed E-state index contributed by atoms with van der Waals surface area (Å²) in [5, 5.41) is 3.98. The number of likely N-dealkylation sites (N-methyl/N-ethyl adjacent to an activating group) is 1. The molecule has 2 aromatic rings. The number of carbonyl (C=O) groups is 1. The topological polar surface area (TPSA) is 52.8 Å². The molecule has 1 fully saturated rings. The Morgan fingerprint density at radius 3 is 2.68 bits per heavy atom. The maximum Gasteiger partial charge on any atom is 0.276 e. The van der Waals surface area contributed by atoms with Crippen molar-refractivity contribution in [3.63, 3.8) is 0 Å². The first-order valence-electron chi connectivity index (χ1n) is 8.66. The van der Waals surface area contributed by atoms with Gasteiger partial charge in [0.15, 0.2) is 11.5 Å². The summed E-state index contributed by atoms with van der Waals surface area (Å²) < 4.78 is 5.38. The van der Waals surface area contributed by atoms with Crippen LogP contribution in [0.1, 0.15) is 28.2 Å². The van der Waals surface area contributed by atoms with E-state index in [9.17, 15) is 4.79 Å². The lowest BCUT2D eigenvalue weighted by molar-refractivity contribution is 0.0772. The van der Waals surface area contributed by atoms with Crippen LogP contribution in [0.2, 0.25) is 0 Å². The fraction of sp³-hybridized carbons (Fsp3) is 0.474. The first kappa shape index (κ1) is 17.6. The van der Waals surface area contributed by atoms with Crippen LogP contribution in [-0.4, -0.2) is 66.0 Å². The highest BCUT2D eigenvalue weighted by molar-refractivity contribution is 5.92. The second kappa shape index (κ2) is 7.80. The molecule has 0 spiro atoms. The third-order valence-electron chi connectivity index (χ3n) is 4.68.